The number of H-pyrrole nitrogens is 1. The Kier molecular flexibility index (Phi) is 7.51. The Hall–Kier alpha value is -5.06. The highest BCUT2D eigenvalue weighted by Gasteiger charge is 2.25. The molecule has 44 heavy (non-hydrogen) atoms. The number of pyridine rings is 1. The molecule has 2 aliphatic rings. The zero-order chi connectivity index (χ0) is 30.0. The van der Waals surface area contributed by atoms with Gasteiger partial charge in [-0.2, -0.15) is 10.2 Å². The summed E-state index contributed by atoms with van der Waals surface area (Å²) >= 11 is 0. The van der Waals surface area contributed by atoms with Crippen molar-refractivity contribution < 1.29 is 18.4 Å². The van der Waals surface area contributed by atoms with E-state index in [0.717, 1.165) is 67.4 Å². The monoisotopic (exact) mass is 596 g/mol. The molecule has 5 heterocycles. The first kappa shape index (κ1) is 27.8. The van der Waals surface area contributed by atoms with E-state index in [4.69, 9.17) is 24.2 Å². The Morgan fingerprint density at radius 1 is 1.09 bits per heavy atom. The third kappa shape index (κ3) is 5.77. The minimum atomic E-state index is -0.593. The lowest BCUT2D eigenvalue weighted by Gasteiger charge is -2.35. The van der Waals surface area contributed by atoms with Crippen LogP contribution >= 0.6 is 0 Å². The summed E-state index contributed by atoms with van der Waals surface area (Å²) in [7, 11) is 0. The van der Waals surface area contributed by atoms with Crippen LogP contribution in [0.3, 0.4) is 0 Å². The second kappa shape index (κ2) is 11.9. The van der Waals surface area contributed by atoms with Crippen LogP contribution in [-0.2, 0) is 24.4 Å². The normalized spacial score (nSPS) is 17.0. The fraction of sp³-hybridized carbons (Fsp3) is 0.323. The molecule has 2 aromatic carbocycles. The van der Waals surface area contributed by atoms with Crippen molar-refractivity contribution in [1.82, 2.24) is 29.6 Å². The van der Waals surface area contributed by atoms with Crippen molar-refractivity contribution in [3.63, 3.8) is 0 Å². The minimum Gasteiger partial charge on any atom is -0.473 e. The quantitative estimate of drug-likeness (QED) is 0.269. The molecule has 0 spiro atoms. The summed E-state index contributed by atoms with van der Waals surface area (Å²) in [5.74, 6) is 1.48. The largest absolute Gasteiger partial charge is 0.473 e. The maximum atomic E-state index is 14.3. The number of halogens is 1. The van der Waals surface area contributed by atoms with Gasteiger partial charge in [-0.3, -0.25) is 14.4 Å². The number of hydrogen-bond donors (Lipinski definition) is 1. The Bertz CT molecular complexity index is 1900. The Morgan fingerprint density at radius 3 is 2.68 bits per heavy atom. The van der Waals surface area contributed by atoms with Crippen molar-refractivity contribution in [3.05, 3.63) is 87.9 Å². The summed E-state index contributed by atoms with van der Waals surface area (Å²) in [4.78, 5) is 28.3. The summed E-state index contributed by atoms with van der Waals surface area (Å²) < 4.78 is 32.7. The molecule has 2 saturated heterocycles. The molecule has 12 nitrogen and oxygen atoms in total. The van der Waals surface area contributed by atoms with Crippen LogP contribution in [0.25, 0.3) is 22.4 Å². The number of anilines is 1. The molecule has 0 bridgehead atoms. The molecule has 2 fully saturated rings. The van der Waals surface area contributed by atoms with Crippen molar-refractivity contribution >= 4 is 16.9 Å². The molecule has 0 aliphatic carbocycles. The predicted octanol–water partition coefficient (Wildman–Crippen LogP) is 3.48. The smallest absolute Gasteiger partial charge is 0.439 e. The number of fused-ring (bicyclic) bond motifs is 1. The highest BCUT2D eigenvalue weighted by atomic mass is 19.1. The first-order valence-electron chi connectivity index (χ1n) is 14.5. The second-order valence-corrected chi connectivity index (χ2v) is 10.9. The number of ether oxygens (including phenoxy) is 2. The van der Waals surface area contributed by atoms with E-state index in [-0.39, 0.29) is 18.3 Å². The van der Waals surface area contributed by atoms with Crippen molar-refractivity contribution in [1.29, 1.82) is 5.26 Å². The molecule has 0 amide bonds. The third-order valence-electron chi connectivity index (χ3n) is 8.05. The molecular formula is C31H29FN8O4. The van der Waals surface area contributed by atoms with Crippen molar-refractivity contribution in [2.45, 2.75) is 32.2 Å². The van der Waals surface area contributed by atoms with Gasteiger partial charge < -0.3 is 18.9 Å². The number of rotatable bonds is 9. The molecule has 7 rings (SSSR count). The SMILES string of the molecule is N#Cc1ccc(COc2cccc(N3CCN(Cc4nc5ccc(-c6noc(=O)[nH]6)cc5n4C[C@@H]4CCO4)CC3)n2)c(F)c1. The number of nitriles is 1. The van der Waals surface area contributed by atoms with Gasteiger partial charge in [0.15, 0.2) is 5.82 Å². The number of nitrogens with one attached hydrogen (secondary N) is 1. The average Bonchev–Trinajstić information content (AvgIpc) is 3.61. The standard InChI is InChI=1S/C31H29FN8O4/c32-24-14-20(16-33)4-5-22(24)19-43-29-3-1-2-27(35-29)39-11-9-38(10-12-39)18-28-34-25-7-6-21(30-36-31(41)44-37-30)15-26(25)40(28)17-23-8-13-42-23/h1-7,14-15,23H,8-13,17-19H2,(H,36,37,41)/t23-/m0/s1. The van der Waals surface area contributed by atoms with Gasteiger partial charge in [0.05, 0.1) is 41.9 Å². The summed E-state index contributed by atoms with van der Waals surface area (Å²) in [6, 6.07) is 17.6. The van der Waals surface area contributed by atoms with Crippen LogP contribution in [-0.4, -0.2) is 68.5 Å². The highest BCUT2D eigenvalue weighted by Crippen LogP contribution is 2.26. The van der Waals surface area contributed by atoms with E-state index in [1.165, 1.54) is 6.07 Å². The van der Waals surface area contributed by atoms with Crippen LogP contribution in [0.5, 0.6) is 5.88 Å². The van der Waals surface area contributed by atoms with Gasteiger partial charge in [0.1, 0.15) is 24.1 Å². The van der Waals surface area contributed by atoms with Crippen molar-refractivity contribution in [2.24, 2.45) is 0 Å². The maximum Gasteiger partial charge on any atom is 0.439 e. The number of piperazine rings is 1. The molecule has 0 radical (unpaired) electrons. The lowest BCUT2D eigenvalue weighted by atomic mass is 10.1. The summed E-state index contributed by atoms with van der Waals surface area (Å²) in [6.07, 6.45) is 1.15. The third-order valence-corrected chi connectivity index (χ3v) is 8.05. The van der Waals surface area contributed by atoms with Crippen LogP contribution in [0.1, 0.15) is 23.4 Å². The van der Waals surface area contributed by atoms with Crippen LogP contribution in [0.4, 0.5) is 10.2 Å². The van der Waals surface area contributed by atoms with E-state index in [0.29, 0.717) is 30.4 Å². The van der Waals surface area contributed by atoms with E-state index in [1.54, 1.807) is 18.2 Å². The Labute approximate surface area is 251 Å². The van der Waals surface area contributed by atoms with Gasteiger partial charge in [-0.1, -0.05) is 17.3 Å². The van der Waals surface area contributed by atoms with Gasteiger partial charge in [-0.25, -0.2) is 14.2 Å². The molecular weight excluding hydrogens is 567 g/mol. The maximum absolute atomic E-state index is 14.3. The number of imidazole rings is 1. The topological polar surface area (TPSA) is 138 Å². The van der Waals surface area contributed by atoms with Crippen LogP contribution in [0.2, 0.25) is 0 Å². The van der Waals surface area contributed by atoms with Crippen LogP contribution < -0.4 is 15.4 Å². The number of hydrogen-bond acceptors (Lipinski definition) is 10. The predicted molar refractivity (Wildman–Crippen MR) is 157 cm³/mol. The van der Waals surface area contributed by atoms with Crippen LogP contribution in [0.15, 0.2) is 63.9 Å². The fourth-order valence-corrected chi connectivity index (χ4v) is 5.51. The van der Waals surface area contributed by atoms with E-state index < -0.39 is 11.6 Å². The Morgan fingerprint density at radius 2 is 1.95 bits per heavy atom. The number of aromatic amines is 1. The number of benzene rings is 2. The van der Waals surface area contributed by atoms with Gasteiger partial charge >= 0.3 is 5.76 Å². The lowest BCUT2D eigenvalue weighted by molar-refractivity contribution is -0.0592. The van der Waals surface area contributed by atoms with Gasteiger partial charge in [-0.05, 0) is 42.8 Å². The zero-order valence-corrected chi connectivity index (χ0v) is 23.8. The summed E-state index contributed by atoms with van der Waals surface area (Å²) in [5, 5.41) is 12.8. The molecule has 5 aromatic rings. The first-order valence-corrected chi connectivity index (χ1v) is 14.5. The highest BCUT2D eigenvalue weighted by molar-refractivity contribution is 5.81. The fourth-order valence-electron chi connectivity index (χ4n) is 5.51. The Balaban J connectivity index is 1.02. The van der Waals surface area contributed by atoms with Gasteiger partial charge in [0, 0.05) is 50.0 Å². The van der Waals surface area contributed by atoms with E-state index in [2.05, 4.69) is 29.5 Å². The minimum absolute atomic E-state index is 0.0205. The average molecular weight is 597 g/mol. The number of nitrogens with zero attached hydrogens (tertiary/aromatic N) is 7. The molecule has 224 valence electrons. The summed E-state index contributed by atoms with van der Waals surface area (Å²) in [5.41, 5.74) is 3.21. The van der Waals surface area contributed by atoms with Crippen molar-refractivity contribution in [3.8, 4) is 23.3 Å². The molecule has 3 aromatic heterocycles. The summed E-state index contributed by atoms with van der Waals surface area (Å²) in [6.45, 7) is 5.35. The van der Waals surface area contributed by atoms with E-state index >= 15 is 0 Å². The number of aromatic nitrogens is 5. The van der Waals surface area contributed by atoms with Gasteiger partial charge in [0.25, 0.3) is 0 Å². The van der Waals surface area contributed by atoms with Crippen molar-refractivity contribution in [2.75, 3.05) is 37.7 Å². The second-order valence-electron chi connectivity index (χ2n) is 10.9. The van der Waals surface area contributed by atoms with Gasteiger partial charge in [-0.15, -0.1) is 0 Å². The van der Waals surface area contributed by atoms with Crippen LogP contribution in [0, 0.1) is 17.1 Å². The van der Waals surface area contributed by atoms with E-state index in [9.17, 15) is 9.18 Å². The van der Waals surface area contributed by atoms with Gasteiger partial charge in [0.2, 0.25) is 5.88 Å². The first-order chi connectivity index (χ1) is 21.5. The molecule has 1 atom stereocenters. The molecule has 2 aliphatic heterocycles. The molecule has 1 N–H and O–H groups in total. The molecule has 0 unspecified atom stereocenters. The van der Waals surface area contributed by atoms with E-state index in [1.807, 2.05) is 36.4 Å². The molecule has 13 heteroatoms. The zero-order valence-electron chi connectivity index (χ0n) is 23.8. The molecule has 0 saturated carbocycles. The lowest BCUT2D eigenvalue weighted by Crippen LogP contribution is -2.46.